The first-order valence-electron chi connectivity index (χ1n) is 6.80. The van der Waals surface area contributed by atoms with E-state index in [1.165, 1.54) is 0 Å². The zero-order chi connectivity index (χ0) is 13.5. The van der Waals surface area contributed by atoms with Gasteiger partial charge in [-0.15, -0.1) is 0 Å². The molecule has 0 aliphatic heterocycles. The van der Waals surface area contributed by atoms with E-state index < -0.39 is 0 Å². The van der Waals surface area contributed by atoms with Crippen LogP contribution in [0, 0.1) is 5.92 Å². The lowest BCUT2D eigenvalue weighted by Crippen LogP contribution is -2.26. The molecule has 1 nitrogen and oxygen atoms in total. The lowest BCUT2D eigenvalue weighted by molar-refractivity contribution is 0.382. The van der Waals surface area contributed by atoms with Gasteiger partial charge in [-0.3, -0.25) is 0 Å². The van der Waals surface area contributed by atoms with E-state index in [9.17, 15) is 0 Å². The molecule has 1 unspecified atom stereocenters. The minimum atomic E-state index is 0.390. The molecule has 102 valence electrons. The van der Waals surface area contributed by atoms with Crippen molar-refractivity contribution >= 4 is 23.2 Å². The Bertz CT molecular complexity index is 341. The van der Waals surface area contributed by atoms with Gasteiger partial charge in [-0.2, -0.15) is 0 Å². The molecule has 1 aromatic carbocycles. The molecule has 1 atom stereocenters. The van der Waals surface area contributed by atoms with Gasteiger partial charge < -0.3 is 5.32 Å². The fraction of sp³-hybridized carbons (Fsp3) is 0.600. The van der Waals surface area contributed by atoms with Crippen LogP contribution < -0.4 is 5.32 Å². The second kappa shape index (κ2) is 8.04. The maximum absolute atomic E-state index is 6.35. The van der Waals surface area contributed by atoms with Gasteiger partial charge in [0.1, 0.15) is 0 Å². The average Bonchev–Trinajstić information content (AvgIpc) is 2.36. The van der Waals surface area contributed by atoms with E-state index in [1.807, 2.05) is 18.2 Å². The Morgan fingerprint density at radius 3 is 2.06 bits per heavy atom. The third-order valence-electron chi connectivity index (χ3n) is 3.60. The molecular formula is C15H23Cl2N. The van der Waals surface area contributed by atoms with E-state index >= 15 is 0 Å². The smallest absolute Gasteiger partial charge is 0.0456 e. The summed E-state index contributed by atoms with van der Waals surface area (Å²) >= 11 is 12.7. The van der Waals surface area contributed by atoms with E-state index in [0.717, 1.165) is 41.5 Å². The van der Waals surface area contributed by atoms with E-state index in [1.54, 1.807) is 0 Å². The molecule has 0 amide bonds. The van der Waals surface area contributed by atoms with Crippen LogP contribution in [-0.2, 0) is 0 Å². The van der Waals surface area contributed by atoms with Crippen molar-refractivity contribution in [1.82, 2.24) is 5.32 Å². The number of hydrogen-bond acceptors (Lipinski definition) is 1. The molecule has 18 heavy (non-hydrogen) atoms. The van der Waals surface area contributed by atoms with Crippen molar-refractivity contribution in [3.8, 4) is 0 Å². The molecule has 0 fully saturated rings. The van der Waals surface area contributed by atoms with Crippen LogP contribution in [0.15, 0.2) is 18.2 Å². The third kappa shape index (κ3) is 3.88. The molecule has 0 aromatic heterocycles. The van der Waals surface area contributed by atoms with Crippen LogP contribution in [0.2, 0.25) is 10.0 Å². The highest BCUT2D eigenvalue weighted by molar-refractivity contribution is 6.36. The molecule has 0 saturated carbocycles. The van der Waals surface area contributed by atoms with E-state index in [-0.39, 0.29) is 0 Å². The molecule has 1 N–H and O–H groups in total. The van der Waals surface area contributed by atoms with Gasteiger partial charge in [0.15, 0.2) is 0 Å². The van der Waals surface area contributed by atoms with Gasteiger partial charge in [-0.1, -0.05) is 62.9 Å². The Morgan fingerprint density at radius 2 is 1.61 bits per heavy atom. The lowest BCUT2D eigenvalue weighted by Gasteiger charge is -2.27. The van der Waals surface area contributed by atoms with Crippen LogP contribution >= 0.6 is 23.2 Å². The van der Waals surface area contributed by atoms with Crippen LogP contribution in [0.3, 0.4) is 0 Å². The van der Waals surface area contributed by atoms with E-state index in [0.29, 0.717) is 11.8 Å². The molecule has 3 heteroatoms. The van der Waals surface area contributed by atoms with Crippen LogP contribution in [0.1, 0.15) is 45.1 Å². The minimum Gasteiger partial charge on any atom is -0.316 e. The van der Waals surface area contributed by atoms with Gasteiger partial charge in [0.05, 0.1) is 0 Å². The molecule has 0 spiro atoms. The van der Waals surface area contributed by atoms with Gasteiger partial charge in [0.2, 0.25) is 0 Å². The van der Waals surface area contributed by atoms with Crippen molar-refractivity contribution in [3.05, 3.63) is 33.8 Å². The quantitative estimate of drug-likeness (QED) is 0.734. The van der Waals surface area contributed by atoms with Gasteiger partial charge in [-0.05, 0) is 30.2 Å². The van der Waals surface area contributed by atoms with E-state index in [2.05, 4.69) is 26.1 Å². The minimum absolute atomic E-state index is 0.390. The molecule has 0 aliphatic rings. The van der Waals surface area contributed by atoms with Crippen molar-refractivity contribution in [1.29, 1.82) is 0 Å². The Kier molecular flexibility index (Phi) is 7.06. The summed E-state index contributed by atoms with van der Waals surface area (Å²) < 4.78 is 0. The Labute approximate surface area is 121 Å². The number of hydrogen-bond donors (Lipinski definition) is 1. The van der Waals surface area contributed by atoms with Crippen molar-refractivity contribution in [2.75, 3.05) is 13.1 Å². The first-order valence-corrected chi connectivity index (χ1v) is 7.55. The summed E-state index contributed by atoms with van der Waals surface area (Å²) in [4.78, 5) is 0. The zero-order valence-electron chi connectivity index (χ0n) is 11.5. The highest BCUT2D eigenvalue weighted by Gasteiger charge is 2.24. The molecule has 1 aromatic rings. The number of likely N-dealkylation sites (N-methyl/N-ethyl adjacent to an activating group) is 1. The third-order valence-corrected chi connectivity index (χ3v) is 4.26. The summed E-state index contributed by atoms with van der Waals surface area (Å²) in [7, 11) is 0. The molecule has 0 bridgehead atoms. The maximum atomic E-state index is 6.35. The average molecular weight is 288 g/mol. The standard InChI is InChI=1S/C15H23Cl2N/c1-4-11(5-2)12(10-18-6-3)15-13(16)8-7-9-14(15)17/h7-9,11-12,18H,4-6,10H2,1-3H3. The molecule has 0 radical (unpaired) electrons. The van der Waals surface area contributed by atoms with Crippen molar-refractivity contribution < 1.29 is 0 Å². The van der Waals surface area contributed by atoms with Crippen molar-refractivity contribution in [2.45, 2.75) is 39.5 Å². The van der Waals surface area contributed by atoms with Crippen molar-refractivity contribution in [2.24, 2.45) is 5.92 Å². The number of nitrogens with one attached hydrogen (secondary N) is 1. The topological polar surface area (TPSA) is 12.0 Å². The predicted molar refractivity (Wildman–Crippen MR) is 81.8 cm³/mol. The summed E-state index contributed by atoms with van der Waals surface area (Å²) in [5.41, 5.74) is 1.11. The Balaban J connectivity index is 3.08. The van der Waals surface area contributed by atoms with E-state index in [4.69, 9.17) is 23.2 Å². The molecule has 1 rings (SSSR count). The highest BCUT2D eigenvalue weighted by atomic mass is 35.5. The molecule has 0 heterocycles. The van der Waals surface area contributed by atoms with Crippen LogP contribution in [0.4, 0.5) is 0 Å². The van der Waals surface area contributed by atoms with Crippen molar-refractivity contribution in [3.63, 3.8) is 0 Å². The summed E-state index contributed by atoms with van der Waals surface area (Å²) in [6.07, 6.45) is 2.29. The first kappa shape index (κ1) is 15.8. The van der Waals surface area contributed by atoms with Gasteiger partial charge in [0.25, 0.3) is 0 Å². The predicted octanol–water partition coefficient (Wildman–Crippen LogP) is 5.12. The number of rotatable bonds is 7. The zero-order valence-corrected chi connectivity index (χ0v) is 13.0. The monoisotopic (exact) mass is 287 g/mol. The van der Waals surface area contributed by atoms with Gasteiger partial charge >= 0.3 is 0 Å². The summed E-state index contributed by atoms with van der Waals surface area (Å²) in [6, 6.07) is 5.78. The fourth-order valence-electron chi connectivity index (χ4n) is 2.53. The number of halogens is 2. The highest BCUT2D eigenvalue weighted by Crippen LogP contribution is 2.37. The SMILES string of the molecule is CCNCC(c1c(Cl)cccc1Cl)C(CC)CC. The molecule has 0 aliphatic carbocycles. The first-order chi connectivity index (χ1) is 8.65. The lowest BCUT2D eigenvalue weighted by atomic mass is 9.82. The molecular weight excluding hydrogens is 265 g/mol. The largest absolute Gasteiger partial charge is 0.316 e. The second-order valence-electron chi connectivity index (χ2n) is 4.63. The Hall–Kier alpha value is -0.240. The molecule has 0 saturated heterocycles. The normalized spacial score (nSPS) is 13.0. The summed E-state index contributed by atoms with van der Waals surface area (Å²) in [5.74, 6) is 1.00. The van der Waals surface area contributed by atoms with Gasteiger partial charge in [0, 0.05) is 22.5 Å². The maximum Gasteiger partial charge on any atom is 0.0456 e. The summed E-state index contributed by atoms with van der Waals surface area (Å²) in [6.45, 7) is 8.50. The number of benzene rings is 1. The van der Waals surface area contributed by atoms with Crippen LogP contribution in [0.5, 0.6) is 0 Å². The Morgan fingerprint density at radius 1 is 1.06 bits per heavy atom. The second-order valence-corrected chi connectivity index (χ2v) is 5.44. The van der Waals surface area contributed by atoms with Gasteiger partial charge in [-0.25, -0.2) is 0 Å². The van der Waals surface area contributed by atoms with Crippen LogP contribution in [-0.4, -0.2) is 13.1 Å². The van der Waals surface area contributed by atoms with Crippen LogP contribution in [0.25, 0.3) is 0 Å². The fourth-order valence-corrected chi connectivity index (χ4v) is 3.20. The summed E-state index contributed by atoms with van der Waals surface area (Å²) in [5, 5.41) is 5.01.